The smallest absolute Gasteiger partial charge is 0.253 e. The van der Waals surface area contributed by atoms with Crippen LogP contribution >= 0.6 is 27.5 Å². The molecule has 2 atom stereocenters. The quantitative estimate of drug-likeness (QED) is 0.686. The van der Waals surface area contributed by atoms with Crippen molar-refractivity contribution in [1.82, 2.24) is 10.6 Å². The van der Waals surface area contributed by atoms with E-state index < -0.39 is 6.04 Å². The molecule has 0 aliphatic rings. The molecule has 0 saturated heterocycles. The van der Waals surface area contributed by atoms with Crippen molar-refractivity contribution >= 4 is 39.3 Å². The van der Waals surface area contributed by atoms with E-state index in [1.807, 2.05) is 45.0 Å². The number of nitrogens with one attached hydrogen (secondary N) is 2. The van der Waals surface area contributed by atoms with Crippen LogP contribution in [-0.2, 0) is 4.79 Å². The van der Waals surface area contributed by atoms with Crippen LogP contribution in [0.1, 0.15) is 42.7 Å². The van der Waals surface area contributed by atoms with Crippen LogP contribution in [0.2, 0.25) is 5.02 Å². The number of hydrogen-bond acceptors (Lipinski definition) is 2. The Balaban J connectivity index is 2.11. The first-order chi connectivity index (χ1) is 12.3. The molecular weight excluding hydrogens is 416 g/mol. The molecule has 2 aromatic carbocycles. The summed E-state index contributed by atoms with van der Waals surface area (Å²) >= 11 is 9.57. The zero-order chi connectivity index (χ0) is 19.3. The van der Waals surface area contributed by atoms with E-state index in [2.05, 4.69) is 26.6 Å². The van der Waals surface area contributed by atoms with Gasteiger partial charge in [-0.3, -0.25) is 9.59 Å². The molecule has 0 heterocycles. The van der Waals surface area contributed by atoms with Crippen molar-refractivity contribution in [3.8, 4) is 0 Å². The molecule has 0 aliphatic heterocycles. The van der Waals surface area contributed by atoms with Gasteiger partial charge in [-0.2, -0.15) is 0 Å². The van der Waals surface area contributed by atoms with E-state index in [0.29, 0.717) is 10.6 Å². The van der Waals surface area contributed by atoms with E-state index >= 15 is 0 Å². The summed E-state index contributed by atoms with van der Waals surface area (Å²) in [5.74, 6) is -0.672. The first kappa shape index (κ1) is 20.5. The van der Waals surface area contributed by atoms with E-state index in [4.69, 9.17) is 11.6 Å². The summed E-state index contributed by atoms with van der Waals surface area (Å²) in [6.45, 7) is 5.69. The Hall–Kier alpha value is -1.85. The van der Waals surface area contributed by atoms with Crippen LogP contribution in [-0.4, -0.2) is 17.9 Å². The van der Waals surface area contributed by atoms with Gasteiger partial charge in [0.2, 0.25) is 5.91 Å². The van der Waals surface area contributed by atoms with Gasteiger partial charge in [-0.05, 0) is 36.6 Å². The van der Waals surface area contributed by atoms with Gasteiger partial charge in [-0.1, -0.05) is 71.7 Å². The van der Waals surface area contributed by atoms with Crippen molar-refractivity contribution in [1.29, 1.82) is 0 Å². The van der Waals surface area contributed by atoms with E-state index in [-0.39, 0.29) is 23.8 Å². The van der Waals surface area contributed by atoms with Crippen LogP contribution < -0.4 is 10.6 Å². The predicted molar refractivity (Wildman–Crippen MR) is 108 cm³/mol. The summed E-state index contributed by atoms with van der Waals surface area (Å²) < 4.78 is 0.925. The number of benzene rings is 2. The minimum atomic E-state index is -0.663. The maximum Gasteiger partial charge on any atom is 0.253 e. The van der Waals surface area contributed by atoms with Crippen LogP contribution in [0.3, 0.4) is 0 Å². The second-order valence-corrected chi connectivity index (χ2v) is 7.69. The van der Waals surface area contributed by atoms with E-state index in [1.54, 1.807) is 24.3 Å². The molecule has 0 saturated carbocycles. The third-order valence-corrected chi connectivity index (χ3v) is 5.14. The van der Waals surface area contributed by atoms with Gasteiger partial charge < -0.3 is 10.6 Å². The molecule has 1 unspecified atom stereocenters. The highest BCUT2D eigenvalue weighted by Crippen LogP contribution is 2.23. The van der Waals surface area contributed by atoms with Gasteiger partial charge in [0, 0.05) is 4.47 Å². The second kappa shape index (κ2) is 9.19. The number of hydrogen-bond donors (Lipinski definition) is 2. The van der Waals surface area contributed by atoms with Crippen molar-refractivity contribution < 1.29 is 9.59 Å². The standard InChI is InChI=1S/C20H22BrClN2O2/c1-12(2)18(24-19(25)15-9-5-7-11-17(15)22)20(26)23-13(3)14-8-4-6-10-16(14)21/h4-13,18H,1-3H3,(H,23,26)(H,24,25)/t13?,18-/m0/s1. The molecule has 0 bridgehead atoms. The summed E-state index contributed by atoms with van der Waals surface area (Å²) in [6.07, 6.45) is 0. The van der Waals surface area contributed by atoms with Crippen LogP contribution in [0.5, 0.6) is 0 Å². The third kappa shape index (κ3) is 5.08. The van der Waals surface area contributed by atoms with Crippen LogP contribution in [0.25, 0.3) is 0 Å². The fourth-order valence-corrected chi connectivity index (χ4v) is 3.46. The largest absolute Gasteiger partial charge is 0.348 e. The van der Waals surface area contributed by atoms with Crippen molar-refractivity contribution in [2.24, 2.45) is 5.92 Å². The molecule has 2 rings (SSSR count). The molecule has 2 amide bonds. The fourth-order valence-electron chi connectivity index (χ4n) is 2.61. The van der Waals surface area contributed by atoms with Gasteiger partial charge in [0.1, 0.15) is 6.04 Å². The monoisotopic (exact) mass is 436 g/mol. The summed E-state index contributed by atoms with van der Waals surface area (Å²) in [5, 5.41) is 6.13. The molecule has 0 aliphatic carbocycles. The molecule has 6 heteroatoms. The van der Waals surface area contributed by atoms with Gasteiger partial charge in [0.15, 0.2) is 0 Å². The van der Waals surface area contributed by atoms with Crippen LogP contribution in [0.15, 0.2) is 53.0 Å². The highest BCUT2D eigenvalue weighted by molar-refractivity contribution is 9.10. The predicted octanol–water partition coefficient (Wildman–Crippen LogP) is 4.73. The van der Waals surface area contributed by atoms with Crippen LogP contribution in [0, 0.1) is 5.92 Å². The minimum Gasteiger partial charge on any atom is -0.348 e. The normalized spacial score (nSPS) is 13.2. The molecule has 4 nitrogen and oxygen atoms in total. The number of rotatable bonds is 6. The van der Waals surface area contributed by atoms with E-state index in [0.717, 1.165) is 10.0 Å². The fraction of sp³-hybridized carbons (Fsp3) is 0.300. The average molecular weight is 438 g/mol. The van der Waals surface area contributed by atoms with Crippen LogP contribution in [0.4, 0.5) is 0 Å². The van der Waals surface area contributed by atoms with E-state index in [9.17, 15) is 9.59 Å². The first-order valence-electron chi connectivity index (χ1n) is 8.41. The molecule has 0 aromatic heterocycles. The van der Waals surface area contributed by atoms with Crippen molar-refractivity contribution in [3.05, 3.63) is 69.2 Å². The Morgan fingerprint density at radius 3 is 2.19 bits per heavy atom. The Bertz CT molecular complexity index is 795. The maximum atomic E-state index is 12.8. The third-order valence-electron chi connectivity index (χ3n) is 4.08. The number of halogens is 2. The van der Waals surface area contributed by atoms with Gasteiger partial charge >= 0.3 is 0 Å². The summed E-state index contributed by atoms with van der Waals surface area (Å²) in [4.78, 5) is 25.3. The van der Waals surface area contributed by atoms with Gasteiger partial charge in [0.05, 0.1) is 16.6 Å². The number of carbonyl (C=O) groups is 2. The number of amides is 2. The van der Waals surface area contributed by atoms with Gasteiger partial charge in [-0.15, -0.1) is 0 Å². The Morgan fingerprint density at radius 1 is 0.962 bits per heavy atom. The highest BCUT2D eigenvalue weighted by Gasteiger charge is 2.26. The topological polar surface area (TPSA) is 58.2 Å². The Labute approximate surface area is 167 Å². The average Bonchev–Trinajstić information content (AvgIpc) is 2.59. The SMILES string of the molecule is CC(NC(=O)[C@@H](NC(=O)c1ccccc1Cl)C(C)C)c1ccccc1Br. The van der Waals surface area contributed by atoms with Crippen molar-refractivity contribution in [3.63, 3.8) is 0 Å². The molecule has 0 radical (unpaired) electrons. The molecule has 138 valence electrons. The summed E-state index contributed by atoms with van der Waals surface area (Å²) in [7, 11) is 0. The zero-order valence-electron chi connectivity index (χ0n) is 14.9. The van der Waals surface area contributed by atoms with Crippen molar-refractivity contribution in [2.75, 3.05) is 0 Å². The Kier molecular flexibility index (Phi) is 7.23. The van der Waals surface area contributed by atoms with Crippen molar-refractivity contribution in [2.45, 2.75) is 32.9 Å². The lowest BCUT2D eigenvalue weighted by molar-refractivity contribution is -0.124. The van der Waals surface area contributed by atoms with Gasteiger partial charge in [0.25, 0.3) is 5.91 Å². The Morgan fingerprint density at radius 2 is 1.58 bits per heavy atom. The maximum absolute atomic E-state index is 12.8. The van der Waals surface area contributed by atoms with E-state index in [1.165, 1.54) is 0 Å². The first-order valence-corrected chi connectivity index (χ1v) is 9.58. The molecule has 2 aromatic rings. The highest BCUT2D eigenvalue weighted by atomic mass is 79.9. The minimum absolute atomic E-state index is 0.0761. The summed E-state index contributed by atoms with van der Waals surface area (Å²) in [6, 6.07) is 13.6. The number of carbonyl (C=O) groups excluding carboxylic acids is 2. The molecule has 0 spiro atoms. The lowest BCUT2D eigenvalue weighted by Gasteiger charge is -2.24. The molecule has 2 N–H and O–H groups in total. The van der Waals surface area contributed by atoms with Gasteiger partial charge in [-0.25, -0.2) is 0 Å². The molecule has 26 heavy (non-hydrogen) atoms. The lowest BCUT2D eigenvalue weighted by Crippen LogP contribution is -2.50. The lowest BCUT2D eigenvalue weighted by atomic mass is 10.0. The molecule has 0 fully saturated rings. The zero-order valence-corrected chi connectivity index (χ0v) is 17.3. The molecular formula is C20H22BrClN2O2. The second-order valence-electron chi connectivity index (χ2n) is 6.43. The summed E-state index contributed by atoms with van der Waals surface area (Å²) in [5.41, 5.74) is 1.33.